The first-order chi connectivity index (χ1) is 11.2. The Morgan fingerprint density at radius 1 is 1.30 bits per heavy atom. The Balaban J connectivity index is 1.70. The van der Waals surface area contributed by atoms with Gasteiger partial charge in [0.2, 0.25) is 0 Å². The van der Waals surface area contributed by atoms with Crippen molar-refractivity contribution in [2.45, 2.75) is 32.3 Å². The lowest BCUT2D eigenvalue weighted by Gasteiger charge is -2.11. The van der Waals surface area contributed by atoms with Gasteiger partial charge in [0.1, 0.15) is 0 Å². The summed E-state index contributed by atoms with van der Waals surface area (Å²) in [6, 6.07) is 9.63. The Morgan fingerprint density at radius 3 is 2.83 bits per heavy atom. The van der Waals surface area contributed by atoms with Gasteiger partial charge in [0.15, 0.2) is 0 Å². The summed E-state index contributed by atoms with van der Waals surface area (Å²) in [6.45, 7) is 2.81. The monoisotopic (exact) mass is 316 g/mol. The van der Waals surface area contributed by atoms with Crippen molar-refractivity contribution in [3.05, 3.63) is 48.3 Å². The van der Waals surface area contributed by atoms with Crippen molar-refractivity contribution in [1.29, 1.82) is 0 Å². The molecule has 0 saturated heterocycles. The van der Waals surface area contributed by atoms with Gasteiger partial charge in [0.05, 0.1) is 18.0 Å². The molecule has 2 rings (SSSR count). The smallest absolute Gasteiger partial charge is 0.314 e. The number of rotatable bonds is 8. The average Bonchev–Trinajstić information content (AvgIpc) is 3.03. The highest BCUT2D eigenvalue weighted by Crippen LogP contribution is 2.07. The van der Waals surface area contributed by atoms with E-state index in [-0.39, 0.29) is 12.6 Å². The van der Waals surface area contributed by atoms with Crippen LogP contribution in [-0.4, -0.2) is 40.1 Å². The van der Waals surface area contributed by atoms with E-state index in [1.807, 2.05) is 48.1 Å². The number of carbonyl (C=O) groups is 1. The van der Waals surface area contributed by atoms with Crippen LogP contribution >= 0.6 is 0 Å². The molecule has 0 aliphatic heterocycles. The minimum atomic E-state index is -0.477. The van der Waals surface area contributed by atoms with Gasteiger partial charge in [-0.05, 0) is 30.5 Å². The third-order valence-corrected chi connectivity index (χ3v) is 3.48. The zero-order valence-electron chi connectivity index (χ0n) is 13.4. The second kappa shape index (κ2) is 8.95. The molecule has 6 nitrogen and oxygen atoms in total. The highest BCUT2D eigenvalue weighted by Gasteiger charge is 2.06. The molecule has 23 heavy (non-hydrogen) atoms. The fourth-order valence-electron chi connectivity index (χ4n) is 2.24. The number of aliphatic hydroxyl groups excluding tert-OH is 1. The maximum absolute atomic E-state index is 11.6. The number of aliphatic hydroxyl groups is 1. The molecule has 1 unspecified atom stereocenters. The molecule has 2 aromatic rings. The normalized spacial score (nSPS) is 11.9. The summed E-state index contributed by atoms with van der Waals surface area (Å²) in [6.07, 6.45) is 5.58. The van der Waals surface area contributed by atoms with Crippen LogP contribution < -0.4 is 10.6 Å². The Morgan fingerprint density at radius 2 is 2.09 bits per heavy atom. The fraction of sp³-hybridized carbons (Fsp3) is 0.412. The van der Waals surface area contributed by atoms with Gasteiger partial charge in [0, 0.05) is 19.3 Å². The topological polar surface area (TPSA) is 79.2 Å². The SMILES string of the molecule is CCCC(O)CNC(=O)NCCc1cnn(-c2ccccc2)c1. The van der Waals surface area contributed by atoms with Crippen LogP contribution in [0.15, 0.2) is 42.7 Å². The van der Waals surface area contributed by atoms with Crippen molar-refractivity contribution in [2.75, 3.05) is 13.1 Å². The van der Waals surface area contributed by atoms with E-state index in [2.05, 4.69) is 15.7 Å². The molecule has 0 radical (unpaired) electrons. The van der Waals surface area contributed by atoms with Crippen molar-refractivity contribution in [2.24, 2.45) is 0 Å². The van der Waals surface area contributed by atoms with Crippen molar-refractivity contribution >= 4 is 6.03 Å². The number of amides is 2. The number of hydrogen-bond donors (Lipinski definition) is 3. The lowest BCUT2D eigenvalue weighted by atomic mass is 10.2. The van der Waals surface area contributed by atoms with Gasteiger partial charge >= 0.3 is 6.03 Å². The number of nitrogens with zero attached hydrogens (tertiary/aromatic N) is 2. The van der Waals surface area contributed by atoms with Crippen molar-refractivity contribution < 1.29 is 9.90 Å². The molecule has 0 spiro atoms. The van der Waals surface area contributed by atoms with E-state index < -0.39 is 6.10 Å². The first-order valence-corrected chi connectivity index (χ1v) is 7.97. The van der Waals surface area contributed by atoms with Gasteiger partial charge in [-0.15, -0.1) is 0 Å². The molecule has 0 bridgehead atoms. The second-order valence-corrected chi connectivity index (χ2v) is 5.46. The average molecular weight is 316 g/mol. The van der Waals surface area contributed by atoms with E-state index in [0.29, 0.717) is 19.4 Å². The van der Waals surface area contributed by atoms with Crippen molar-refractivity contribution in [3.63, 3.8) is 0 Å². The summed E-state index contributed by atoms with van der Waals surface area (Å²) in [5.74, 6) is 0. The highest BCUT2D eigenvalue weighted by atomic mass is 16.3. The van der Waals surface area contributed by atoms with Crippen LogP contribution in [0.5, 0.6) is 0 Å². The Labute approximate surface area is 136 Å². The Bertz CT molecular complexity index is 598. The van der Waals surface area contributed by atoms with Crippen LogP contribution in [0.25, 0.3) is 5.69 Å². The molecule has 0 aliphatic carbocycles. The number of aromatic nitrogens is 2. The van der Waals surface area contributed by atoms with Crippen LogP contribution in [-0.2, 0) is 6.42 Å². The number of benzene rings is 1. The van der Waals surface area contributed by atoms with Gasteiger partial charge in [-0.3, -0.25) is 0 Å². The zero-order valence-corrected chi connectivity index (χ0v) is 13.4. The molecule has 1 heterocycles. The second-order valence-electron chi connectivity index (χ2n) is 5.46. The molecule has 124 valence electrons. The van der Waals surface area contributed by atoms with Gasteiger partial charge in [-0.25, -0.2) is 9.48 Å². The Kier molecular flexibility index (Phi) is 6.62. The summed E-state index contributed by atoms with van der Waals surface area (Å²) in [4.78, 5) is 11.6. The molecule has 6 heteroatoms. The van der Waals surface area contributed by atoms with Crippen LogP contribution in [0.1, 0.15) is 25.3 Å². The van der Waals surface area contributed by atoms with Gasteiger partial charge in [0.25, 0.3) is 0 Å². The van der Waals surface area contributed by atoms with Crippen molar-refractivity contribution in [1.82, 2.24) is 20.4 Å². The van der Waals surface area contributed by atoms with Gasteiger partial charge in [-0.2, -0.15) is 5.10 Å². The van der Waals surface area contributed by atoms with Crippen LogP contribution in [0.4, 0.5) is 4.79 Å². The maximum atomic E-state index is 11.6. The third-order valence-electron chi connectivity index (χ3n) is 3.48. The third kappa shape index (κ3) is 5.75. The number of nitrogens with one attached hydrogen (secondary N) is 2. The van der Waals surface area contributed by atoms with Crippen LogP contribution in [0.2, 0.25) is 0 Å². The fourth-order valence-corrected chi connectivity index (χ4v) is 2.24. The summed E-state index contributed by atoms with van der Waals surface area (Å²) in [7, 11) is 0. The minimum absolute atomic E-state index is 0.254. The predicted octanol–water partition coefficient (Wildman–Crippen LogP) is 1.87. The van der Waals surface area contributed by atoms with Gasteiger partial charge in [-0.1, -0.05) is 31.5 Å². The highest BCUT2D eigenvalue weighted by molar-refractivity contribution is 5.73. The largest absolute Gasteiger partial charge is 0.391 e. The van der Waals surface area contributed by atoms with E-state index in [4.69, 9.17) is 0 Å². The standard InChI is InChI=1S/C17H24N4O2/c1-2-6-16(22)12-19-17(23)18-10-9-14-11-20-21(13-14)15-7-4-3-5-8-15/h3-5,7-8,11,13,16,22H,2,6,9-10,12H2,1H3,(H2,18,19,23). The lowest BCUT2D eigenvalue weighted by Crippen LogP contribution is -2.40. The number of hydrogen-bond acceptors (Lipinski definition) is 3. The molecule has 1 aromatic heterocycles. The lowest BCUT2D eigenvalue weighted by molar-refractivity contribution is 0.160. The van der Waals surface area contributed by atoms with E-state index in [1.54, 1.807) is 6.20 Å². The van der Waals surface area contributed by atoms with Gasteiger partial charge < -0.3 is 15.7 Å². The van der Waals surface area contributed by atoms with Crippen molar-refractivity contribution in [3.8, 4) is 5.69 Å². The number of para-hydroxylation sites is 1. The van der Waals surface area contributed by atoms with Crippen LogP contribution in [0, 0.1) is 0 Å². The van der Waals surface area contributed by atoms with Crippen LogP contribution in [0.3, 0.4) is 0 Å². The van der Waals surface area contributed by atoms with E-state index >= 15 is 0 Å². The molecule has 0 aliphatic rings. The minimum Gasteiger partial charge on any atom is -0.391 e. The summed E-state index contributed by atoms with van der Waals surface area (Å²) in [5, 5.41) is 19.3. The van der Waals surface area contributed by atoms with E-state index in [1.165, 1.54) is 0 Å². The quantitative estimate of drug-likeness (QED) is 0.695. The molecule has 0 saturated carbocycles. The Hall–Kier alpha value is -2.34. The molecule has 1 atom stereocenters. The molecule has 0 fully saturated rings. The summed E-state index contributed by atoms with van der Waals surface area (Å²) < 4.78 is 1.82. The molecule has 2 amide bonds. The van der Waals surface area contributed by atoms with E-state index in [0.717, 1.165) is 17.7 Å². The molecule has 3 N–H and O–H groups in total. The maximum Gasteiger partial charge on any atom is 0.314 e. The first-order valence-electron chi connectivity index (χ1n) is 7.97. The predicted molar refractivity (Wildman–Crippen MR) is 89.6 cm³/mol. The molecular formula is C17H24N4O2. The first kappa shape index (κ1) is 17.0. The molecule has 1 aromatic carbocycles. The zero-order chi connectivity index (χ0) is 16.5. The number of carbonyl (C=O) groups excluding carboxylic acids is 1. The summed E-state index contributed by atoms with van der Waals surface area (Å²) in [5.41, 5.74) is 2.06. The number of urea groups is 1. The summed E-state index contributed by atoms with van der Waals surface area (Å²) >= 11 is 0. The van der Waals surface area contributed by atoms with E-state index in [9.17, 15) is 9.90 Å². The molecular weight excluding hydrogens is 292 g/mol.